The quantitative estimate of drug-likeness (QED) is 0.389. The Kier molecular flexibility index (Phi) is 7.25. The van der Waals surface area contributed by atoms with Gasteiger partial charge in [0.1, 0.15) is 13.2 Å². The smallest absolute Gasteiger partial charge is 0.338 e. The van der Waals surface area contributed by atoms with E-state index >= 15 is 0 Å². The van der Waals surface area contributed by atoms with Crippen LogP contribution in [0.1, 0.15) is 18.5 Å². The molecule has 0 aliphatic carbocycles. The van der Waals surface area contributed by atoms with E-state index in [1.165, 1.54) is 14.2 Å². The van der Waals surface area contributed by atoms with Crippen molar-refractivity contribution in [3.8, 4) is 11.5 Å². The Morgan fingerprint density at radius 2 is 2.04 bits per heavy atom. The number of rotatable bonds is 9. The topological polar surface area (TPSA) is 95.1 Å². The number of esters is 1. The predicted octanol–water partition coefficient (Wildman–Crippen LogP) is 2.08. The van der Waals surface area contributed by atoms with Crippen molar-refractivity contribution in [2.75, 3.05) is 34.0 Å². The minimum absolute atomic E-state index is 0.116. The lowest BCUT2D eigenvalue weighted by Crippen LogP contribution is -2.45. The van der Waals surface area contributed by atoms with Crippen LogP contribution in [-0.2, 0) is 14.3 Å². The van der Waals surface area contributed by atoms with E-state index in [1.54, 1.807) is 31.2 Å². The largest absolute Gasteiger partial charge is 0.493 e. The summed E-state index contributed by atoms with van der Waals surface area (Å²) in [6, 6.07) is 4.10. The first-order valence-corrected chi connectivity index (χ1v) is 8.37. The second-order valence-corrected chi connectivity index (χ2v) is 5.71. The fourth-order valence-corrected chi connectivity index (χ4v) is 2.64. The Morgan fingerprint density at radius 1 is 1.26 bits per heavy atom. The molecule has 1 aliphatic rings. The lowest BCUT2D eigenvalue weighted by Gasteiger charge is -2.28. The number of methoxy groups -OCH3 is 2. The number of carbonyl (C=O) groups excluding carboxylic acids is 2. The molecular formula is C19H24N2O6. The normalized spacial score (nSPS) is 16.3. The fraction of sp³-hybridized carbons (Fsp3) is 0.368. The van der Waals surface area contributed by atoms with Gasteiger partial charge in [-0.25, -0.2) is 9.59 Å². The number of ether oxygens (including phenoxy) is 4. The van der Waals surface area contributed by atoms with Gasteiger partial charge in [-0.3, -0.25) is 0 Å². The van der Waals surface area contributed by atoms with Gasteiger partial charge in [-0.15, -0.1) is 0 Å². The van der Waals surface area contributed by atoms with Crippen molar-refractivity contribution in [1.82, 2.24) is 10.6 Å². The molecule has 0 saturated heterocycles. The number of allylic oxidation sites excluding steroid dienone is 1. The molecule has 2 amide bonds. The summed E-state index contributed by atoms with van der Waals surface area (Å²) < 4.78 is 21.0. The van der Waals surface area contributed by atoms with Gasteiger partial charge in [-0.1, -0.05) is 18.7 Å². The molecule has 0 fully saturated rings. The second kappa shape index (κ2) is 9.63. The minimum atomic E-state index is -0.684. The van der Waals surface area contributed by atoms with Crippen molar-refractivity contribution in [1.29, 1.82) is 0 Å². The van der Waals surface area contributed by atoms with Gasteiger partial charge in [0.15, 0.2) is 11.5 Å². The monoisotopic (exact) mass is 376 g/mol. The van der Waals surface area contributed by atoms with Crippen LogP contribution in [-0.4, -0.2) is 46.0 Å². The lowest BCUT2D eigenvalue weighted by atomic mass is 9.95. The first kappa shape index (κ1) is 20.3. The van der Waals surface area contributed by atoms with E-state index in [9.17, 15) is 9.59 Å². The molecule has 1 atom stereocenters. The highest BCUT2D eigenvalue weighted by atomic mass is 16.6. The fourth-order valence-electron chi connectivity index (χ4n) is 2.64. The van der Waals surface area contributed by atoms with Crippen LogP contribution < -0.4 is 20.1 Å². The van der Waals surface area contributed by atoms with Crippen LogP contribution in [0.3, 0.4) is 0 Å². The van der Waals surface area contributed by atoms with Gasteiger partial charge in [-0.05, 0) is 24.6 Å². The van der Waals surface area contributed by atoms with Gasteiger partial charge in [0.2, 0.25) is 0 Å². The molecule has 2 rings (SSSR count). The molecule has 0 radical (unpaired) electrons. The Bertz CT molecular complexity index is 744. The number of amides is 2. The number of urea groups is 1. The average molecular weight is 376 g/mol. The van der Waals surface area contributed by atoms with E-state index in [1.807, 2.05) is 0 Å². The van der Waals surface area contributed by atoms with E-state index < -0.39 is 18.0 Å². The summed E-state index contributed by atoms with van der Waals surface area (Å²) in [4.78, 5) is 24.5. The van der Waals surface area contributed by atoms with E-state index in [-0.39, 0.29) is 13.2 Å². The summed E-state index contributed by atoms with van der Waals surface area (Å²) in [5.74, 6) is 0.478. The van der Waals surface area contributed by atoms with Gasteiger partial charge in [-0.2, -0.15) is 0 Å². The van der Waals surface area contributed by atoms with Crippen molar-refractivity contribution < 1.29 is 28.5 Å². The molecule has 1 heterocycles. The number of nitrogens with one attached hydrogen (secondary N) is 2. The van der Waals surface area contributed by atoms with Crippen molar-refractivity contribution in [3.05, 3.63) is 47.7 Å². The predicted molar refractivity (Wildman–Crippen MR) is 98.6 cm³/mol. The molecule has 0 spiro atoms. The molecule has 8 nitrogen and oxygen atoms in total. The van der Waals surface area contributed by atoms with Crippen LogP contribution in [0.4, 0.5) is 4.79 Å². The van der Waals surface area contributed by atoms with Crippen molar-refractivity contribution in [2.45, 2.75) is 13.0 Å². The zero-order valence-electron chi connectivity index (χ0n) is 15.7. The molecule has 1 aromatic carbocycles. The lowest BCUT2D eigenvalue weighted by molar-refractivity contribution is -0.140. The van der Waals surface area contributed by atoms with E-state index in [0.29, 0.717) is 34.9 Å². The maximum Gasteiger partial charge on any atom is 0.338 e. The minimum Gasteiger partial charge on any atom is -0.493 e. The zero-order valence-corrected chi connectivity index (χ0v) is 15.7. The van der Waals surface area contributed by atoms with Crippen LogP contribution in [0, 0.1) is 0 Å². The summed E-state index contributed by atoms with van der Waals surface area (Å²) in [5, 5.41) is 5.34. The SMILES string of the molecule is C=CCOc1ccc(C2NC(=O)NC(C)=C2C(=O)OCCOC)cc1OC. The second-order valence-electron chi connectivity index (χ2n) is 5.71. The molecule has 0 aromatic heterocycles. The summed E-state index contributed by atoms with van der Waals surface area (Å²) in [6.45, 7) is 5.99. The van der Waals surface area contributed by atoms with Crippen molar-refractivity contribution >= 4 is 12.0 Å². The Labute approximate surface area is 158 Å². The maximum absolute atomic E-state index is 12.5. The third-order valence-electron chi connectivity index (χ3n) is 3.89. The first-order chi connectivity index (χ1) is 13.0. The average Bonchev–Trinajstić information content (AvgIpc) is 2.65. The highest BCUT2D eigenvalue weighted by Crippen LogP contribution is 2.34. The van der Waals surface area contributed by atoms with Crippen LogP contribution in [0.2, 0.25) is 0 Å². The number of hydrogen-bond acceptors (Lipinski definition) is 6. The summed E-state index contributed by atoms with van der Waals surface area (Å²) in [6.07, 6.45) is 1.63. The van der Waals surface area contributed by atoms with Gasteiger partial charge in [0.05, 0.1) is 25.3 Å². The number of hydrogen-bond donors (Lipinski definition) is 2. The highest BCUT2D eigenvalue weighted by Gasteiger charge is 2.32. The van der Waals surface area contributed by atoms with E-state index in [4.69, 9.17) is 18.9 Å². The van der Waals surface area contributed by atoms with Crippen LogP contribution in [0.25, 0.3) is 0 Å². The third-order valence-corrected chi connectivity index (χ3v) is 3.89. The Morgan fingerprint density at radius 3 is 2.70 bits per heavy atom. The van der Waals surface area contributed by atoms with E-state index in [0.717, 1.165) is 0 Å². The van der Waals surface area contributed by atoms with Crippen molar-refractivity contribution in [2.24, 2.45) is 0 Å². The van der Waals surface area contributed by atoms with Crippen molar-refractivity contribution in [3.63, 3.8) is 0 Å². The van der Waals surface area contributed by atoms with Gasteiger partial charge < -0.3 is 29.6 Å². The van der Waals surface area contributed by atoms with Crippen LogP contribution in [0.5, 0.6) is 11.5 Å². The molecule has 1 aliphatic heterocycles. The molecule has 0 saturated carbocycles. The summed E-state index contributed by atoms with van der Waals surface area (Å²) in [5.41, 5.74) is 1.40. The molecule has 1 unspecified atom stereocenters. The molecule has 1 aromatic rings. The standard InChI is InChI=1S/C19H24N2O6/c1-5-8-26-14-7-6-13(11-15(14)25-4)17-16(12(2)20-19(23)21-17)18(22)27-10-9-24-3/h5-7,11,17H,1,8-10H2,2-4H3,(H2,20,21,23). The Hall–Kier alpha value is -3.00. The van der Waals surface area contributed by atoms with Gasteiger partial charge in [0, 0.05) is 12.8 Å². The third kappa shape index (κ3) is 5.01. The van der Waals surface area contributed by atoms with Gasteiger partial charge in [0.25, 0.3) is 0 Å². The van der Waals surface area contributed by atoms with Crippen LogP contribution >= 0.6 is 0 Å². The maximum atomic E-state index is 12.5. The first-order valence-electron chi connectivity index (χ1n) is 8.37. The van der Waals surface area contributed by atoms with Crippen LogP contribution in [0.15, 0.2) is 42.1 Å². The molecule has 8 heteroatoms. The molecule has 2 N–H and O–H groups in total. The Balaban J connectivity index is 2.34. The molecule has 146 valence electrons. The molecule has 0 bridgehead atoms. The summed E-state index contributed by atoms with van der Waals surface area (Å²) in [7, 11) is 3.04. The highest BCUT2D eigenvalue weighted by molar-refractivity contribution is 5.95. The number of carbonyl (C=O) groups is 2. The van der Waals surface area contributed by atoms with E-state index in [2.05, 4.69) is 17.2 Å². The molecular weight excluding hydrogens is 352 g/mol. The summed E-state index contributed by atoms with van der Waals surface area (Å²) >= 11 is 0. The number of benzene rings is 1. The van der Waals surface area contributed by atoms with Gasteiger partial charge >= 0.3 is 12.0 Å². The zero-order chi connectivity index (χ0) is 19.8. The molecule has 27 heavy (non-hydrogen) atoms.